The van der Waals surface area contributed by atoms with Gasteiger partial charge in [-0.25, -0.2) is 0 Å². The average molecular weight is 421 g/mol. The van der Waals surface area contributed by atoms with Crippen LogP contribution in [0.25, 0.3) is 0 Å². The van der Waals surface area contributed by atoms with Crippen molar-refractivity contribution < 1.29 is 9.59 Å². The highest BCUT2D eigenvalue weighted by atomic mass is 16.2. The Bertz CT molecular complexity index is 950. The first-order chi connectivity index (χ1) is 15.0. The van der Waals surface area contributed by atoms with Gasteiger partial charge in [0.1, 0.15) is 0 Å². The SMILES string of the molecule is Cc1cccc(NC(=O)CN2CCN(CC(=O)N3CCc4ccccc4C3)CC2)c1C. The van der Waals surface area contributed by atoms with Crippen LogP contribution < -0.4 is 5.32 Å². The van der Waals surface area contributed by atoms with Gasteiger partial charge in [0.25, 0.3) is 0 Å². The molecule has 0 atom stereocenters. The molecule has 4 rings (SSSR count). The predicted octanol–water partition coefficient (Wildman–Crippen LogP) is 2.44. The molecule has 0 aliphatic carbocycles. The molecule has 0 spiro atoms. The summed E-state index contributed by atoms with van der Waals surface area (Å²) in [7, 11) is 0. The molecule has 0 aromatic heterocycles. The first-order valence-electron chi connectivity index (χ1n) is 11.1. The number of piperazine rings is 1. The van der Waals surface area contributed by atoms with E-state index < -0.39 is 0 Å². The Balaban J connectivity index is 1.21. The zero-order chi connectivity index (χ0) is 21.8. The maximum Gasteiger partial charge on any atom is 0.238 e. The molecule has 2 aromatic rings. The lowest BCUT2D eigenvalue weighted by molar-refractivity contribution is -0.134. The van der Waals surface area contributed by atoms with Gasteiger partial charge in [-0.2, -0.15) is 0 Å². The van der Waals surface area contributed by atoms with Crippen molar-refractivity contribution in [2.24, 2.45) is 0 Å². The van der Waals surface area contributed by atoms with E-state index in [1.165, 1.54) is 16.7 Å². The minimum absolute atomic E-state index is 0.0187. The number of nitrogens with one attached hydrogen (secondary N) is 1. The molecule has 2 heterocycles. The fourth-order valence-electron chi connectivity index (χ4n) is 4.38. The second kappa shape index (κ2) is 9.62. The molecule has 164 valence electrons. The first-order valence-corrected chi connectivity index (χ1v) is 11.1. The number of fused-ring (bicyclic) bond motifs is 1. The summed E-state index contributed by atoms with van der Waals surface area (Å²) >= 11 is 0. The number of amides is 2. The first kappa shape index (κ1) is 21.5. The maximum atomic E-state index is 12.8. The van der Waals surface area contributed by atoms with Crippen LogP contribution in [0.2, 0.25) is 0 Å². The zero-order valence-electron chi connectivity index (χ0n) is 18.6. The van der Waals surface area contributed by atoms with Crippen LogP contribution in [0.4, 0.5) is 5.69 Å². The van der Waals surface area contributed by atoms with Gasteiger partial charge in [-0.15, -0.1) is 0 Å². The number of hydrogen-bond donors (Lipinski definition) is 1. The minimum Gasteiger partial charge on any atom is -0.337 e. The molecule has 1 fully saturated rings. The second-order valence-corrected chi connectivity index (χ2v) is 8.68. The van der Waals surface area contributed by atoms with Crippen molar-refractivity contribution in [2.45, 2.75) is 26.8 Å². The third-order valence-electron chi connectivity index (χ3n) is 6.55. The Labute approximate surface area is 184 Å². The van der Waals surface area contributed by atoms with Crippen LogP contribution in [-0.2, 0) is 22.6 Å². The van der Waals surface area contributed by atoms with Gasteiger partial charge >= 0.3 is 0 Å². The van der Waals surface area contributed by atoms with Crippen LogP contribution in [0.15, 0.2) is 42.5 Å². The molecule has 0 bridgehead atoms. The van der Waals surface area contributed by atoms with Crippen LogP contribution in [0.1, 0.15) is 22.3 Å². The molecule has 6 heteroatoms. The van der Waals surface area contributed by atoms with Crippen LogP contribution in [0.3, 0.4) is 0 Å². The summed E-state index contributed by atoms with van der Waals surface area (Å²) in [6.45, 7) is 9.67. The summed E-state index contributed by atoms with van der Waals surface area (Å²) in [6, 6.07) is 14.4. The normalized spacial score (nSPS) is 17.3. The number of hydrogen-bond acceptors (Lipinski definition) is 4. The molecule has 2 aromatic carbocycles. The van der Waals surface area contributed by atoms with E-state index in [0.717, 1.165) is 50.4 Å². The maximum absolute atomic E-state index is 12.8. The molecule has 6 nitrogen and oxygen atoms in total. The monoisotopic (exact) mass is 420 g/mol. The molecular weight excluding hydrogens is 388 g/mol. The number of aryl methyl sites for hydroxylation is 1. The highest BCUT2D eigenvalue weighted by Crippen LogP contribution is 2.19. The number of carbonyl (C=O) groups excluding carboxylic acids is 2. The number of nitrogens with zero attached hydrogens (tertiary/aromatic N) is 3. The number of carbonyl (C=O) groups is 2. The predicted molar refractivity (Wildman–Crippen MR) is 123 cm³/mol. The van der Waals surface area contributed by atoms with Crippen molar-refractivity contribution in [2.75, 3.05) is 51.1 Å². The molecule has 2 aliphatic heterocycles. The summed E-state index contributed by atoms with van der Waals surface area (Å²) in [5.74, 6) is 0.223. The molecule has 0 radical (unpaired) electrons. The summed E-state index contributed by atoms with van der Waals surface area (Å²) in [5, 5.41) is 3.04. The number of benzene rings is 2. The summed E-state index contributed by atoms with van der Waals surface area (Å²) in [5.41, 5.74) is 5.80. The van der Waals surface area contributed by atoms with Gasteiger partial charge in [0, 0.05) is 45.0 Å². The van der Waals surface area contributed by atoms with Gasteiger partial charge in [-0.3, -0.25) is 19.4 Å². The van der Waals surface area contributed by atoms with Crippen molar-refractivity contribution in [3.8, 4) is 0 Å². The van der Waals surface area contributed by atoms with E-state index in [1.54, 1.807) is 0 Å². The van der Waals surface area contributed by atoms with E-state index in [-0.39, 0.29) is 11.8 Å². The van der Waals surface area contributed by atoms with Gasteiger partial charge in [0.05, 0.1) is 13.1 Å². The molecule has 2 aliphatic rings. The van der Waals surface area contributed by atoms with Crippen molar-refractivity contribution in [3.63, 3.8) is 0 Å². The Kier molecular flexibility index (Phi) is 6.68. The molecule has 0 saturated carbocycles. The Morgan fingerprint density at radius 3 is 2.26 bits per heavy atom. The van der Waals surface area contributed by atoms with E-state index in [2.05, 4.69) is 33.3 Å². The fourth-order valence-corrected chi connectivity index (χ4v) is 4.38. The van der Waals surface area contributed by atoms with Gasteiger partial charge in [0.2, 0.25) is 11.8 Å². The van der Waals surface area contributed by atoms with E-state index in [4.69, 9.17) is 0 Å². The van der Waals surface area contributed by atoms with Crippen molar-refractivity contribution >= 4 is 17.5 Å². The van der Waals surface area contributed by atoms with E-state index in [0.29, 0.717) is 19.6 Å². The van der Waals surface area contributed by atoms with Crippen LogP contribution in [0, 0.1) is 13.8 Å². The van der Waals surface area contributed by atoms with Gasteiger partial charge in [-0.1, -0.05) is 36.4 Å². The largest absolute Gasteiger partial charge is 0.337 e. The summed E-state index contributed by atoms with van der Waals surface area (Å²) in [6.07, 6.45) is 0.936. The summed E-state index contributed by atoms with van der Waals surface area (Å²) < 4.78 is 0. The molecule has 31 heavy (non-hydrogen) atoms. The van der Waals surface area contributed by atoms with Crippen molar-refractivity contribution in [1.29, 1.82) is 0 Å². The van der Waals surface area contributed by atoms with E-state index >= 15 is 0 Å². The van der Waals surface area contributed by atoms with E-state index in [1.807, 2.05) is 43.0 Å². The zero-order valence-corrected chi connectivity index (χ0v) is 18.6. The van der Waals surface area contributed by atoms with E-state index in [9.17, 15) is 9.59 Å². The standard InChI is InChI=1S/C25H32N4O2/c1-19-6-5-9-23(20(19)2)26-24(30)17-27-12-14-28(15-13-27)18-25(31)29-11-10-21-7-3-4-8-22(21)16-29/h3-9H,10-18H2,1-2H3,(H,26,30). The molecule has 1 N–H and O–H groups in total. The van der Waals surface area contributed by atoms with Gasteiger partial charge < -0.3 is 10.2 Å². The molecule has 2 amide bonds. The van der Waals surface area contributed by atoms with Crippen molar-refractivity contribution in [1.82, 2.24) is 14.7 Å². The Morgan fingerprint density at radius 1 is 0.839 bits per heavy atom. The van der Waals surface area contributed by atoms with Crippen LogP contribution in [0.5, 0.6) is 0 Å². The third-order valence-corrected chi connectivity index (χ3v) is 6.55. The topological polar surface area (TPSA) is 55.9 Å². The lowest BCUT2D eigenvalue weighted by atomic mass is 10.00. The molecular formula is C25H32N4O2. The summed E-state index contributed by atoms with van der Waals surface area (Å²) in [4.78, 5) is 31.6. The lowest BCUT2D eigenvalue weighted by Crippen LogP contribution is -2.51. The van der Waals surface area contributed by atoms with Crippen LogP contribution in [-0.4, -0.2) is 72.3 Å². The Morgan fingerprint density at radius 2 is 1.52 bits per heavy atom. The highest BCUT2D eigenvalue weighted by molar-refractivity contribution is 5.93. The second-order valence-electron chi connectivity index (χ2n) is 8.68. The third kappa shape index (κ3) is 5.32. The smallest absolute Gasteiger partial charge is 0.238 e. The van der Waals surface area contributed by atoms with Crippen molar-refractivity contribution in [3.05, 3.63) is 64.7 Å². The highest BCUT2D eigenvalue weighted by Gasteiger charge is 2.25. The van der Waals surface area contributed by atoms with Gasteiger partial charge in [0.15, 0.2) is 0 Å². The molecule has 0 unspecified atom stereocenters. The van der Waals surface area contributed by atoms with Crippen LogP contribution >= 0.6 is 0 Å². The fraction of sp³-hybridized carbons (Fsp3) is 0.440. The molecule has 1 saturated heterocycles. The van der Waals surface area contributed by atoms with Gasteiger partial charge in [-0.05, 0) is 48.6 Å². The number of anilines is 1. The lowest BCUT2D eigenvalue weighted by Gasteiger charge is -2.36. The number of rotatable bonds is 5. The Hall–Kier alpha value is -2.70. The quantitative estimate of drug-likeness (QED) is 0.807. The minimum atomic E-state index is 0.0187. The average Bonchev–Trinajstić information content (AvgIpc) is 2.78.